The highest BCUT2D eigenvalue weighted by Crippen LogP contribution is 2.27. The average Bonchev–Trinajstić information content (AvgIpc) is 2.61. The summed E-state index contributed by atoms with van der Waals surface area (Å²) in [6, 6.07) is 14.7. The number of aryl methyl sites for hydroxylation is 1. The number of carbonyl (C=O) groups is 1. The van der Waals surface area contributed by atoms with Gasteiger partial charge in [0.25, 0.3) is 0 Å². The van der Waals surface area contributed by atoms with Crippen molar-refractivity contribution in [3.8, 4) is 11.3 Å². The van der Waals surface area contributed by atoms with Gasteiger partial charge in [-0.2, -0.15) is 0 Å². The molecule has 0 spiro atoms. The molecule has 0 radical (unpaired) electrons. The third-order valence-electron chi connectivity index (χ3n) is 3.46. The van der Waals surface area contributed by atoms with Crippen molar-refractivity contribution in [2.24, 2.45) is 0 Å². The second-order valence-electron chi connectivity index (χ2n) is 5.59. The number of benzene rings is 2. The first-order valence-electron chi connectivity index (χ1n) is 7.78. The number of hydrogen-bond acceptors (Lipinski definition) is 4. The zero-order valence-electron chi connectivity index (χ0n) is 13.9. The van der Waals surface area contributed by atoms with Crippen LogP contribution in [0.5, 0.6) is 0 Å². The van der Waals surface area contributed by atoms with E-state index in [0.717, 1.165) is 16.8 Å². The van der Waals surface area contributed by atoms with E-state index in [1.165, 1.54) is 11.8 Å². The maximum absolute atomic E-state index is 12.1. The standard InChI is InChI=1S/C19H15Cl2N3OS/c1-12-2-4-16(5-3-12)23-18(25)11-26-19-22-7-6-17(24-19)13-8-14(20)10-15(21)9-13/h2-10H,11H2,1H3,(H,23,25). The van der Waals surface area contributed by atoms with E-state index in [9.17, 15) is 4.79 Å². The molecule has 3 rings (SSSR count). The predicted octanol–water partition coefficient (Wildman–Crippen LogP) is 5.49. The largest absolute Gasteiger partial charge is 0.325 e. The van der Waals surface area contributed by atoms with Gasteiger partial charge in [-0.25, -0.2) is 9.97 Å². The molecule has 0 unspecified atom stereocenters. The van der Waals surface area contributed by atoms with Crippen molar-refractivity contribution < 1.29 is 4.79 Å². The maximum atomic E-state index is 12.1. The summed E-state index contributed by atoms with van der Waals surface area (Å²) in [6.07, 6.45) is 1.65. The summed E-state index contributed by atoms with van der Waals surface area (Å²) < 4.78 is 0. The summed E-state index contributed by atoms with van der Waals surface area (Å²) in [5.74, 6) is 0.104. The molecule has 2 aromatic carbocycles. The Morgan fingerprint density at radius 3 is 2.46 bits per heavy atom. The topological polar surface area (TPSA) is 54.9 Å². The summed E-state index contributed by atoms with van der Waals surface area (Å²) in [6.45, 7) is 2.00. The number of nitrogens with zero attached hydrogens (tertiary/aromatic N) is 2. The smallest absolute Gasteiger partial charge is 0.234 e. The van der Waals surface area contributed by atoms with Crippen molar-refractivity contribution in [2.75, 3.05) is 11.1 Å². The third kappa shape index (κ3) is 5.21. The number of hydrogen-bond donors (Lipinski definition) is 1. The molecule has 0 fully saturated rings. The van der Waals surface area contributed by atoms with E-state index in [0.29, 0.717) is 20.9 Å². The van der Waals surface area contributed by atoms with Crippen LogP contribution in [-0.2, 0) is 4.79 Å². The third-order valence-corrected chi connectivity index (χ3v) is 4.76. The van der Waals surface area contributed by atoms with E-state index in [1.807, 2.05) is 31.2 Å². The molecule has 0 saturated carbocycles. The summed E-state index contributed by atoms with van der Waals surface area (Å²) in [4.78, 5) is 20.8. The van der Waals surface area contributed by atoms with Crippen LogP contribution >= 0.6 is 35.0 Å². The molecule has 26 heavy (non-hydrogen) atoms. The molecule has 0 aliphatic carbocycles. The van der Waals surface area contributed by atoms with E-state index in [2.05, 4.69) is 15.3 Å². The molecule has 7 heteroatoms. The number of thioether (sulfide) groups is 1. The number of carbonyl (C=O) groups excluding carboxylic acids is 1. The molecule has 0 aliphatic heterocycles. The van der Waals surface area contributed by atoms with Gasteiger partial charge in [-0.3, -0.25) is 4.79 Å². The number of aromatic nitrogens is 2. The molecular formula is C19H15Cl2N3OS. The molecular weight excluding hydrogens is 389 g/mol. The van der Waals surface area contributed by atoms with Crippen LogP contribution in [0.4, 0.5) is 5.69 Å². The Kier molecular flexibility index (Phi) is 6.14. The van der Waals surface area contributed by atoms with Crippen molar-refractivity contribution >= 4 is 46.6 Å². The molecule has 0 aliphatic rings. The highest BCUT2D eigenvalue weighted by atomic mass is 35.5. The van der Waals surface area contributed by atoms with Gasteiger partial charge in [-0.1, -0.05) is 52.7 Å². The van der Waals surface area contributed by atoms with Crippen LogP contribution in [0.15, 0.2) is 59.9 Å². The molecule has 1 aromatic heterocycles. The van der Waals surface area contributed by atoms with Gasteiger partial charge in [0.15, 0.2) is 5.16 Å². The maximum Gasteiger partial charge on any atom is 0.234 e. The van der Waals surface area contributed by atoms with Gasteiger partial charge in [0.05, 0.1) is 11.4 Å². The first kappa shape index (κ1) is 18.7. The molecule has 0 bridgehead atoms. The monoisotopic (exact) mass is 403 g/mol. The van der Waals surface area contributed by atoms with Gasteiger partial charge in [0.1, 0.15) is 0 Å². The zero-order chi connectivity index (χ0) is 18.5. The van der Waals surface area contributed by atoms with Crippen molar-refractivity contribution in [1.29, 1.82) is 0 Å². The molecule has 1 heterocycles. The lowest BCUT2D eigenvalue weighted by molar-refractivity contribution is -0.113. The van der Waals surface area contributed by atoms with Gasteiger partial charge < -0.3 is 5.32 Å². The van der Waals surface area contributed by atoms with Crippen LogP contribution in [-0.4, -0.2) is 21.6 Å². The van der Waals surface area contributed by atoms with Crippen LogP contribution in [0.25, 0.3) is 11.3 Å². The Balaban J connectivity index is 1.65. The molecule has 132 valence electrons. The van der Waals surface area contributed by atoms with Crippen LogP contribution in [0.1, 0.15) is 5.56 Å². The van der Waals surface area contributed by atoms with Gasteiger partial charge in [-0.15, -0.1) is 0 Å². The fraction of sp³-hybridized carbons (Fsp3) is 0.105. The van der Waals surface area contributed by atoms with E-state index >= 15 is 0 Å². The fourth-order valence-corrected chi connectivity index (χ4v) is 3.39. The normalized spacial score (nSPS) is 10.6. The Morgan fingerprint density at radius 2 is 1.77 bits per heavy atom. The SMILES string of the molecule is Cc1ccc(NC(=O)CSc2nccc(-c3cc(Cl)cc(Cl)c3)n2)cc1. The Bertz CT molecular complexity index is 912. The van der Waals surface area contributed by atoms with Crippen molar-refractivity contribution in [1.82, 2.24) is 9.97 Å². The quantitative estimate of drug-likeness (QED) is 0.451. The predicted molar refractivity (Wildman–Crippen MR) is 108 cm³/mol. The summed E-state index contributed by atoms with van der Waals surface area (Å²) >= 11 is 13.4. The summed E-state index contributed by atoms with van der Waals surface area (Å²) in [5.41, 5.74) is 3.41. The van der Waals surface area contributed by atoms with Crippen LogP contribution in [0, 0.1) is 6.92 Å². The highest BCUT2D eigenvalue weighted by molar-refractivity contribution is 7.99. The van der Waals surface area contributed by atoms with Gasteiger partial charge in [0.2, 0.25) is 5.91 Å². The number of amides is 1. The lowest BCUT2D eigenvalue weighted by Crippen LogP contribution is -2.14. The minimum absolute atomic E-state index is 0.112. The average molecular weight is 404 g/mol. The lowest BCUT2D eigenvalue weighted by atomic mass is 10.1. The minimum Gasteiger partial charge on any atom is -0.325 e. The molecule has 0 atom stereocenters. The van der Waals surface area contributed by atoms with E-state index < -0.39 is 0 Å². The van der Waals surface area contributed by atoms with Crippen LogP contribution < -0.4 is 5.32 Å². The van der Waals surface area contributed by atoms with Gasteiger partial charge >= 0.3 is 0 Å². The summed E-state index contributed by atoms with van der Waals surface area (Å²) in [7, 11) is 0. The van der Waals surface area contributed by atoms with Gasteiger partial charge in [0, 0.05) is 27.5 Å². The van der Waals surface area contributed by atoms with E-state index in [-0.39, 0.29) is 11.7 Å². The first-order chi connectivity index (χ1) is 12.5. The second kappa shape index (κ2) is 8.54. The van der Waals surface area contributed by atoms with Gasteiger partial charge in [-0.05, 0) is 43.3 Å². The number of rotatable bonds is 5. The number of anilines is 1. The molecule has 0 saturated heterocycles. The van der Waals surface area contributed by atoms with Crippen molar-refractivity contribution in [2.45, 2.75) is 12.1 Å². The van der Waals surface area contributed by atoms with Crippen molar-refractivity contribution in [3.63, 3.8) is 0 Å². The Hall–Kier alpha value is -2.08. The van der Waals surface area contributed by atoms with E-state index in [1.54, 1.807) is 30.5 Å². The van der Waals surface area contributed by atoms with Crippen LogP contribution in [0.2, 0.25) is 10.0 Å². The second-order valence-corrected chi connectivity index (χ2v) is 7.40. The molecule has 1 N–H and O–H groups in total. The number of nitrogens with one attached hydrogen (secondary N) is 1. The van der Waals surface area contributed by atoms with Crippen molar-refractivity contribution in [3.05, 3.63) is 70.3 Å². The molecule has 3 aromatic rings. The lowest BCUT2D eigenvalue weighted by Gasteiger charge is -2.06. The molecule has 1 amide bonds. The highest BCUT2D eigenvalue weighted by Gasteiger charge is 2.08. The molecule has 4 nitrogen and oxygen atoms in total. The fourth-order valence-electron chi connectivity index (χ4n) is 2.24. The summed E-state index contributed by atoms with van der Waals surface area (Å²) in [5, 5.41) is 4.44. The van der Waals surface area contributed by atoms with E-state index in [4.69, 9.17) is 23.2 Å². The zero-order valence-corrected chi connectivity index (χ0v) is 16.2. The Morgan fingerprint density at radius 1 is 1.08 bits per heavy atom. The number of halogens is 2. The Labute approximate surface area is 166 Å². The first-order valence-corrected chi connectivity index (χ1v) is 9.52. The van der Waals surface area contributed by atoms with Crippen LogP contribution in [0.3, 0.4) is 0 Å². The minimum atomic E-state index is -0.112.